The summed E-state index contributed by atoms with van der Waals surface area (Å²) in [5.41, 5.74) is 10.3. The molecule has 0 unspecified atom stereocenters. The maximum Gasteiger partial charge on any atom is 0.129 e. The molecule has 0 aliphatic carbocycles. The Hall–Kier alpha value is -2.23. The van der Waals surface area contributed by atoms with E-state index >= 15 is 0 Å². The van der Waals surface area contributed by atoms with Crippen LogP contribution < -0.4 is 5.73 Å². The molecule has 0 saturated carbocycles. The number of thiophene rings is 1. The van der Waals surface area contributed by atoms with Crippen molar-refractivity contribution in [2.45, 2.75) is 0 Å². The van der Waals surface area contributed by atoms with Crippen LogP contribution in [-0.4, -0.2) is 9.97 Å². The van der Waals surface area contributed by atoms with Crippen molar-refractivity contribution in [1.82, 2.24) is 9.97 Å². The summed E-state index contributed by atoms with van der Waals surface area (Å²) in [5, 5.41) is 9.16. The fourth-order valence-electron chi connectivity index (χ4n) is 1.83. The molecule has 0 fully saturated rings. The molecule has 6 heteroatoms. The molecular weight excluding hydrogens is 276 g/mol. The molecule has 0 spiro atoms. The Labute approximate surface area is 117 Å². The van der Waals surface area contributed by atoms with Crippen LogP contribution >= 0.6 is 22.7 Å². The van der Waals surface area contributed by atoms with E-state index in [0.29, 0.717) is 10.6 Å². The van der Waals surface area contributed by atoms with E-state index < -0.39 is 0 Å². The van der Waals surface area contributed by atoms with Crippen LogP contribution in [0.3, 0.4) is 0 Å². The second-order valence-electron chi connectivity index (χ2n) is 3.76. The molecule has 0 saturated heterocycles. The minimum atomic E-state index is 0.530. The highest BCUT2D eigenvalue weighted by molar-refractivity contribution is 7.22. The standard InChI is InChI=1S/C13H8N4S2/c14-5-9-12(15)11(8-1-3-16-4-2-8)13(19-9)10-6-17-7-18-10/h1-4,6-7H,15H2. The molecule has 19 heavy (non-hydrogen) atoms. The lowest BCUT2D eigenvalue weighted by molar-refractivity contribution is 1.33. The fourth-order valence-corrected chi connectivity index (χ4v) is 3.61. The zero-order chi connectivity index (χ0) is 13.2. The lowest BCUT2D eigenvalue weighted by atomic mass is 10.1. The normalized spacial score (nSPS) is 10.3. The van der Waals surface area contributed by atoms with Gasteiger partial charge in [-0.2, -0.15) is 5.26 Å². The van der Waals surface area contributed by atoms with Gasteiger partial charge in [0.15, 0.2) is 0 Å². The summed E-state index contributed by atoms with van der Waals surface area (Å²) in [5.74, 6) is 0. The van der Waals surface area contributed by atoms with Crippen molar-refractivity contribution in [3.05, 3.63) is 41.1 Å². The number of nitrogens with zero attached hydrogens (tertiary/aromatic N) is 3. The summed E-state index contributed by atoms with van der Waals surface area (Å²) in [7, 11) is 0. The second-order valence-corrected chi connectivity index (χ2v) is 5.67. The Bertz CT molecular complexity index is 739. The van der Waals surface area contributed by atoms with Crippen LogP contribution in [0.2, 0.25) is 0 Å². The van der Waals surface area contributed by atoms with Crippen molar-refractivity contribution < 1.29 is 0 Å². The lowest BCUT2D eigenvalue weighted by Crippen LogP contribution is -1.89. The van der Waals surface area contributed by atoms with Gasteiger partial charge in [0.25, 0.3) is 0 Å². The summed E-state index contributed by atoms with van der Waals surface area (Å²) < 4.78 is 0. The summed E-state index contributed by atoms with van der Waals surface area (Å²) in [6.07, 6.45) is 5.23. The predicted octanol–water partition coefficient (Wildman–Crippen LogP) is 3.39. The van der Waals surface area contributed by atoms with Crippen LogP contribution in [0.25, 0.3) is 20.9 Å². The van der Waals surface area contributed by atoms with Gasteiger partial charge in [0.1, 0.15) is 10.9 Å². The molecule has 3 rings (SSSR count). The van der Waals surface area contributed by atoms with E-state index in [0.717, 1.165) is 20.9 Å². The van der Waals surface area contributed by atoms with Gasteiger partial charge in [0.2, 0.25) is 0 Å². The third-order valence-electron chi connectivity index (χ3n) is 2.67. The summed E-state index contributed by atoms with van der Waals surface area (Å²) in [6.45, 7) is 0. The van der Waals surface area contributed by atoms with E-state index in [9.17, 15) is 0 Å². The Morgan fingerprint density at radius 1 is 1.21 bits per heavy atom. The predicted molar refractivity (Wildman–Crippen MR) is 77.8 cm³/mol. The van der Waals surface area contributed by atoms with Crippen molar-refractivity contribution >= 4 is 28.4 Å². The van der Waals surface area contributed by atoms with E-state index in [4.69, 9.17) is 11.0 Å². The van der Waals surface area contributed by atoms with Crippen molar-refractivity contribution in [1.29, 1.82) is 5.26 Å². The van der Waals surface area contributed by atoms with Gasteiger partial charge in [-0.3, -0.25) is 9.97 Å². The number of hydrogen-bond acceptors (Lipinski definition) is 6. The molecule has 3 aromatic rings. The smallest absolute Gasteiger partial charge is 0.129 e. The summed E-state index contributed by atoms with van der Waals surface area (Å²) in [6, 6.07) is 5.94. The number of anilines is 1. The minimum Gasteiger partial charge on any atom is -0.396 e. The molecule has 2 N–H and O–H groups in total. The van der Waals surface area contributed by atoms with E-state index in [1.807, 2.05) is 12.1 Å². The number of nitrogen functional groups attached to an aromatic ring is 1. The molecule has 92 valence electrons. The molecule has 0 radical (unpaired) electrons. The Balaban J connectivity index is 2.29. The number of hydrogen-bond donors (Lipinski definition) is 1. The van der Waals surface area contributed by atoms with Gasteiger partial charge in [0.05, 0.1) is 21.0 Å². The molecular formula is C13H8N4S2. The topological polar surface area (TPSA) is 75.6 Å². The van der Waals surface area contributed by atoms with Gasteiger partial charge in [0, 0.05) is 24.2 Å². The van der Waals surface area contributed by atoms with Crippen LogP contribution in [0.4, 0.5) is 5.69 Å². The SMILES string of the molecule is N#Cc1sc(-c2cncs2)c(-c2ccncc2)c1N. The lowest BCUT2D eigenvalue weighted by Gasteiger charge is -2.03. The van der Waals surface area contributed by atoms with E-state index in [2.05, 4.69) is 16.0 Å². The molecule has 3 heterocycles. The monoisotopic (exact) mass is 284 g/mol. The van der Waals surface area contributed by atoms with Crippen LogP contribution in [0, 0.1) is 11.3 Å². The number of nitriles is 1. The number of thiazole rings is 1. The van der Waals surface area contributed by atoms with Crippen LogP contribution in [-0.2, 0) is 0 Å². The van der Waals surface area contributed by atoms with Gasteiger partial charge in [-0.05, 0) is 17.7 Å². The Morgan fingerprint density at radius 2 is 2.00 bits per heavy atom. The average molecular weight is 284 g/mol. The first-order valence-corrected chi connectivity index (χ1v) is 7.12. The molecule has 0 aromatic carbocycles. The highest BCUT2D eigenvalue weighted by atomic mass is 32.1. The molecule has 3 aromatic heterocycles. The molecule has 0 aliphatic rings. The van der Waals surface area contributed by atoms with Gasteiger partial charge in [-0.15, -0.1) is 22.7 Å². The number of rotatable bonds is 2. The summed E-state index contributed by atoms with van der Waals surface area (Å²) >= 11 is 2.94. The van der Waals surface area contributed by atoms with Crippen LogP contribution in [0.1, 0.15) is 4.88 Å². The Kier molecular flexibility index (Phi) is 2.99. The first kappa shape index (κ1) is 11.8. The van der Waals surface area contributed by atoms with Crippen LogP contribution in [0.5, 0.6) is 0 Å². The average Bonchev–Trinajstić information content (AvgIpc) is 3.07. The van der Waals surface area contributed by atoms with Crippen molar-refractivity contribution in [3.63, 3.8) is 0 Å². The molecule has 0 atom stereocenters. The largest absolute Gasteiger partial charge is 0.396 e. The third kappa shape index (κ3) is 1.99. The van der Waals surface area contributed by atoms with Crippen molar-refractivity contribution in [2.75, 3.05) is 5.73 Å². The van der Waals surface area contributed by atoms with Gasteiger partial charge < -0.3 is 5.73 Å². The van der Waals surface area contributed by atoms with Gasteiger partial charge in [-0.1, -0.05) is 0 Å². The molecule has 0 bridgehead atoms. The molecule has 4 nitrogen and oxygen atoms in total. The first-order valence-electron chi connectivity index (χ1n) is 5.43. The first-order chi connectivity index (χ1) is 9.31. The quantitative estimate of drug-likeness (QED) is 0.782. The number of aromatic nitrogens is 2. The van der Waals surface area contributed by atoms with E-state index in [1.54, 1.807) is 24.1 Å². The Morgan fingerprint density at radius 3 is 2.63 bits per heavy atom. The number of nitrogens with two attached hydrogens (primary N) is 1. The van der Waals surface area contributed by atoms with Crippen molar-refractivity contribution in [2.24, 2.45) is 0 Å². The highest BCUT2D eigenvalue weighted by Gasteiger charge is 2.19. The highest BCUT2D eigenvalue weighted by Crippen LogP contribution is 2.45. The third-order valence-corrected chi connectivity index (χ3v) is 4.74. The number of pyridine rings is 1. The molecule has 0 aliphatic heterocycles. The van der Waals surface area contributed by atoms with E-state index in [1.165, 1.54) is 22.7 Å². The maximum absolute atomic E-state index is 9.16. The zero-order valence-corrected chi connectivity index (χ0v) is 11.3. The molecule has 0 amide bonds. The van der Waals surface area contributed by atoms with E-state index in [-0.39, 0.29) is 0 Å². The maximum atomic E-state index is 9.16. The summed E-state index contributed by atoms with van der Waals surface area (Å²) in [4.78, 5) is 10.6. The van der Waals surface area contributed by atoms with Gasteiger partial charge >= 0.3 is 0 Å². The van der Waals surface area contributed by atoms with Gasteiger partial charge in [-0.25, -0.2) is 0 Å². The zero-order valence-electron chi connectivity index (χ0n) is 9.70. The fraction of sp³-hybridized carbons (Fsp3) is 0. The minimum absolute atomic E-state index is 0.530. The second kappa shape index (κ2) is 4.80. The van der Waals surface area contributed by atoms with Crippen LogP contribution in [0.15, 0.2) is 36.2 Å². The van der Waals surface area contributed by atoms with Crippen molar-refractivity contribution in [3.8, 4) is 27.0 Å².